The second kappa shape index (κ2) is 8.41. The molecule has 0 aromatic heterocycles. The Morgan fingerprint density at radius 2 is 1.77 bits per heavy atom. The third-order valence-corrected chi connectivity index (χ3v) is 5.75. The molecular weight excluding hydrogens is 428 g/mol. The highest BCUT2D eigenvalue weighted by molar-refractivity contribution is 7.90. The van der Waals surface area contributed by atoms with E-state index in [9.17, 15) is 35.9 Å². The first kappa shape index (κ1) is 23.3. The Morgan fingerprint density at radius 1 is 1.17 bits per heavy atom. The average molecular weight is 444 g/mol. The fourth-order valence-corrected chi connectivity index (χ4v) is 4.37. The molecule has 0 radical (unpaired) electrons. The van der Waals surface area contributed by atoms with Crippen LogP contribution in [0.1, 0.15) is 18.1 Å². The van der Waals surface area contributed by atoms with Gasteiger partial charge in [0.25, 0.3) is 5.91 Å². The molecule has 1 atom stereocenters. The Bertz CT molecular complexity index is 1090. The number of nitrogens with zero attached hydrogens (tertiary/aromatic N) is 1. The van der Waals surface area contributed by atoms with Crippen molar-refractivity contribution in [3.05, 3.63) is 70.8 Å². The van der Waals surface area contributed by atoms with Crippen LogP contribution < -0.4 is 5.32 Å². The molecule has 0 saturated heterocycles. The average Bonchev–Trinajstić information content (AvgIpc) is 2.61. The molecule has 160 valence electrons. The highest BCUT2D eigenvalue weighted by Crippen LogP contribution is 2.38. The Morgan fingerprint density at radius 3 is 2.30 bits per heavy atom. The van der Waals surface area contributed by atoms with Crippen molar-refractivity contribution in [1.82, 2.24) is 0 Å². The van der Waals surface area contributed by atoms with E-state index in [-0.39, 0.29) is 11.3 Å². The van der Waals surface area contributed by atoms with E-state index >= 15 is 0 Å². The van der Waals surface area contributed by atoms with Gasteiger partial charge in [0, 0.05) is 5.69 Å². The van der Waals surface area contributed by atoms with Crippen LogP contribution in [0.3, 0.4) is 0 Å². The van der Waals surface area contributed by atoms with Crippen LogP contribution in [0, 0.1) is 12.4 Å². The number of rotatable bonds is 6. The molecule has 1 unspecified atom stereocenters. The second-order valence-corrected chi connectivity index (χ2v) is 8.79. The van der Waals surface area contributed by atoms with Crippen LogP contribution in [0.15, 0.2) is 42.5 Å². The third kappa shape index (κ3) is 6.01. The summed E-state index contributed by atoms with van der Waals surface area (Å²) in [5.41, 5.74) is -4.54. The van der Waals surface area contributed by atoms with Gasteiger partial charge in [0.15, 0.2) is 21.1 Å². The third-order valence-electron chi connectivity index (χ3n) is 3.97. The molecule has 2 aromatic rings. The van der Waals surface area contributed by atoms with Crippen molar-refractivity contribution in [2.45, 2.75) is 24.5 Å². The Hall–Kier alpha value is -2.97. The van der Waals surface area contributed by atoms with Crippen molar-refractivity contribution >= 4 is 27.1 Å². The number of hydrogen-bond acceptors (Lipinski definition) is 4. The Labute approximate surface area is 169 Å². The minimum Gasteiger partial charge on any atom is -0.379 e. The SMILES string of the molecule is [C-]#[N+]c1ccc(NC(=O)C(C)(O)CS(=O)(=O)Cc2ccc(F)cc2)cc1C(F)(F)F. The van der Waals surface area contributed by atoms with Gasteiger partial charge in [-0.1, -0.05) is 18.2 Å². The predicted octanol–water partition coefficient (Wildman–Crippen LogP) is 3.70. The maximum Gasteiger partial charge on any atom is 0.407 e. The highest BCUT2D eigenvalue weighted by atomic mass is 32.2. The standard InChI is InChI=1S/C19H16F4N2O4S/c1-18(27,11-30(28,29)10-12-3-5-13(20)6-4-12)17(26)25-14-7-8-16(24-2)15(9-14)19(21,22)23/h3-9,27H,10-11H2,1H3,(H,25,26). The molecule has 0 aliphatic carbocycles. The highest BCUT2D eigenvalue weighted by Gasteiger charge is 2.37. The van der Waals surface area contributed by atoms with Crippen LogP contribution in [-0.4, -0.2) is 30.8 Å². The molecule has 0 fully saturated rings. The van der Waals surface area contributed by atoms with Crippen LogP contribution in [0.5, 0.6) is 0 Å². The van der Waals surface area contributed by atoms with Gasteiger partial charge in [0.05, 0.1) is 23.6 Å². The fourth-order valence-electron chi connectivity index (χ4n) is 2.58. The fraction of sp³-hybridized carbons (Fsp3) is 0.263. The number of sulfone groups is 1. The predicted molar refractivity (Wildman–Crippen MR) is 101 cm³/mol. The number of halogens is 4. The van der Waals surface area contributed by atoms with Crippen molar-refractivity contribution in [2.24, 2.45) is 0 Å². The van der Waals surface area contributed by atoms with Gasteiger partial charge in [-0.2, -0.15) is 13.2 Å². The maximum atomic E-state index is 13.0. The van der Waals surface area contributed by atoms with Gasteiger partial charge in [0.2, 0.25) is 0 Å². The Kier molecular flexibility index (Phi) is 6.54. The molecule has 2 rings (SSSR count). The Balaban J connectivity index is 2.17. The molecule has 0 spiro atoms. The number of benzene rings is 2. The summed E-state index contributed by atoms with van der Waals surface area (Å²) in [7, 11) is -4.04. The first-order chi connectivity index (χ1) is 13.7. The van der Waals surface area contributed by atoms with Crippen LogP contribution in [0.25, 0.3) is 4.85 Å². The van der Waals surface area contributed by atoms with E-state index in [1.54, 1.807) is 0 Å². The van der Waals surface area contributed by atoms with Crippen LogP contribution in [-0.2, 0) is 26.6 Å². The van der Waals surface area contributed by atoms with Crippen molar-refractivity contribution in [1.29, 1.82) is 0 Å². The zero-order valence-electron chi connectivity index (χ0n) is 15.5. The van der Waals surface area contributed by atoms with Gasteiger partial charge in [0.1, 0.15) is 5.82 Å². The maximum absolute atomic E-state index is 13.0. The first-order valence-corrected chi connectivity index (χ1v) is 10.1. The summed E-state index contributed by atoms with van der Waals surface area (Å²) in [4.78, 5) is 15.1. The summed E-state index contributed by atoms with van der Waals surface area (Å²) in [5.74, 6) is -3.40. The van der Waals surface area contributed by atoms with E-state index in [1.807, 2.05) is 5.32 Å². The zero-order chi connectivity index (χ0) is 22.7. The monoisotopic (exact) mass is 444 g/mol. The van der Waals surface area contributed by atoms with Gasteiger partial charge < -0.3 is 10.4 Å². The molecule has 0 saturated carbocycles. The van der Waals surface area contributed by atoms with E-state index in [0.29, 0.717) is 6.07 Å². The number of amides is 1. The summed E-state index contributed by atoms with van der Waals surface area (Å²) in [5, 5.41) is 12.3. The van der Waals surface area contributed by atoms with Gasteiger partial charge in [-0.25, -0.2) is 17.7 Å². The molecule has 0 aliphatic rings. The van der Waals surface area contributed by atoms with Crippen molar-refractivity contribution in [2.75, 3.05) is 11.1 Å². The van der Waals surface area contributed by atoms with Gasteiger partial charge >= 0.3 is 6.18 Å². The molecular formula is C19H16F4N2O4S. The number of anilines is 1. The number of nitrogens with one attached hydrogen (secondary N) is 1. The summed E-state index contributed by atoms with van der Waals surface area (Å²) in [6.45, 7) is 7.69. The van der Waals surface area contributed by atoms with Crippen LogP contribution in [0.4, 0.5) is 28.9 Å². The number of alkyl halides is 3. The molecule has 0 bridgehead atoms. The summed E-state index contributed by atoms with van der Waals surface area (Å²) in [6.07, 6.45) is -4.85. The topological polar surface area (TPSA) is 87.8 Å². The van der Waals surface area contributed by atoms with Gasteiger partial charge in [-0.05, 0) is 36.8 Å². The summed E-state index contributed by atoms with van der Waals surface area (Å²) >= 11 is 0. The molecule has 2 aromatic carbocycles. The second-order valence-electron chi connectivity index (χ2n) is 6.73. The van der Waals surface area contributed by atoms with Crippen molar-refractivity contribution in [3.63, 3.8) is 0 Å². The lowest BCUT2D eigenvalue weighted by Gasteiger charge is -2.22. The van der Waals surface area contributed by atoms with E-state index in [4.69, 9.17) is 6.57 Å². The van der Waals surface area contributed by atoms with E-state index in [0.717, 1.165) is 31.2 Å². The number of carbonyl (C=O) groups is 1. The first-order valence-electron chi connectivity index (χ1n) is 8.31. The molecule has 6 nitrogen and oxygen atoms in total. The molecule has 0 aliphatic heterocycles. The van der Waals surface area contributed by atoms with Crippen LogP contribution >= 0.6 is 0 Å². The quantitative estimate of drug-likeness (QED) is 0.526. The lowest BCUT2D eigenvalue weighted by molar-refractivity contribution is -0.137. The smallest absolute Gasteiger partial charge is 0.379 e. The molecule has 0 heterocycles. The van der Waals surface area contributed by atoms with Crippen molar-refractivity contribution in [3.8, 4) is 0 Å². The van der Waals surface area contributed by atoms with Gasteiger partial charge in [-0.3, -0.25) is 4.79 Å². The van der Waals surface area contributed by atoms with E-state index in [1.165, 1.54) is 12.1 Å². The number of hydrogen-bond donors (Lipinski definition) is 2. The largest absolute Gasteiger partial charge is 0.407 e. The number of aliphatic hydroxyl groups is 1. The van der Waals surface area contributed by atoms with Crippen LogP contribution in [0.2, 0.25) is 0 Å². The summed E-state index contributed by atoms with van der Waals surface area (Å²) in [6, 6.07) is 6.99. The molecule has 2 N–H and O–H groups in total. The van der Waals surface area contributed by atoms with Gasteiger partial charge in [-0.15, -0.1) is 0 Å². The zero-order valence-corrected chi connectivity index (χ0v) is 16.3. The summed E-state index contributed by atoms with van der Waals surface area (Å²) < 4.78 is 76.6. The van der Waals surface area contributed by atoms with E-state index < -0.39 is 56.1 Å². The molecule has 1 amide bonds. The molecule has 30 heavy (non-hydrogen) atoms. The lowest BCUT2D eigenvalue weighted by Crippen LogP contribution is -2.46. The van der Waals surface area contributed by atoms with E-state index in [2.05, 4.69) is 4.85 Å². The minimum absolute atomic E-state index is 0.233. The normalized spacial score (nSPS) is 13.9. The lowest BCUT2D eigenvalue weighted by atomic mass is 10.1. The molecule has 11 heteroatoms. The van der Waals surface area contributed by atoms with Crippen molar-refractivity contribution < 1.29 is 35.9 Å². The number of carbonyl (C=O) groups excluding carboxylic acids is 1. The minimum atomic E-state index is -4.85.